The van der Waals surface area contributed by atoms with Crippen LogP contribution in [0.15, 0.2) is 30.3 Å². The van der Waals surface area contributed by atoms with Crippen molar-refractivity contribution in [2.45, 2.75) is 64.3 Å². The van der Waals surface area contributed by atoms with Gasteiger partial charge < -0.3 is 19.3 Å². The Kier molecular flexibility index (Phi) is 5.76. The molecule has 1 N–H and O–H groups in total. The van der Waals surface area contributed by atoms with Crippen molar-refractivity contribution in [3.8, 4) is 0 Å². The van der Waals surface area contributed by atoms with Crippen LogP contribution in [0.5, 0.6) is 0 Å². The van der Waals surface area contributed by atoms with Gasteiger partial charge >= 0.3 is 0 Å². The van der Waals surface area contributed by atoms with Gasteiger partial charge in [0, 0.05) is 12.8 Å². The molecule has 21 heavy (non-hydrogen) atoms. The van der Waals surface area contributed by atoms with E-state index in [-0.39, 0.29) is 17.8 Å². The summed E-state index contributed by atoms with van der Waals surface area (Å²) in [6.45, 7) is 7.10. The number of ether oxygens (including phenoxy) is 3. The minimum absolute atomic E-state index is 0.0130. The lowest BCUT2D eigenvalue weighted by atomic mass is 10.0. The minimum Gasteiger partial charge on any atom is -0.374 e. The number of aliphatic hydroxyl groups excluding tert-OH is 1. The van der Waals surface area contributed by atoms with Gasteiger partial charge in [-0.15, -0.1) is 0 Å². The molecule has 0 aromatic heterocycles. The predicted octanol–water partition coefficient (Wildman–Crippen LogP) is 2.88. The summed E-state index contributed by atoms with van der Waals surface area (Å²) in [5.74, 6) is 0. The van der Waals surface area contributed by atoms with Crippen LogP contribution < -0.4 is 0 Å². The summed E-state index contributed by atoms with van der Waals surface area (Å²) in [6, 6.07) is 10.0. The Bertz CT molecular complexity index is 413. The monoisotopic (exact) mass is 294 g/mol. The molecule has 1 saturated heterocycles. The average molecular weight is 294 g/mol. The average Bonchev–Trinajstić information content (AvgIpc) is 2.37. The third-order valence-corrected chi connectivity index (χ3v) is 3.28. The number of hydrogen-bond donors (Lipinski definition) is 1. The maximum Gasteiger partial charge on any atom is 0.157 e. The Morgan fingerprint density at radius 3 is 2.57 bits per heavy atom. The SMILES string of the molecule is CC(C)(C)O[C@@H]1C[C@H](COCc2ccccc2)O[C@@H](O)C1. The van der Waals surface area contributed by atoms with Gasteiger partial charge in [-0.05, 0) is 26.3 Å². The number of benzene rings is 1. The molecule has 0 radical (unpaired) electrons. The highest BCUT2D eigenvalue weighted by Gasteiger charge is 2.31. The molecular weight excluding hydrogens is 268 g/mol. The van der Waals surface area contributed by atoms with E-state index in [4.69, 9.17) is 14.2 Å². The Morgan fingerprint density at radius 1 is 1.19 bits per heavy atom. The smallest absolute Gasteiger partial charge is 0.157 e. The molecule has 1 heterocycles. The van der Waals surface area contributed by atoms with Gasteiger partial charge in [0.15, 0.2) is 6.29 Å². The molecule has 0 saturated carbocycles. The Balaban J connectivity index is 1.77. The fourth-order valence-corrected chi connectivity index (χ4v) is 2.53. The van der Waals surface area contributed by atoms with E-state index in [1.54, 1.807) is 0 Å². The normalized spacial score (nSPS) is 26.8. The van der Waals surface area contributed by atoms with Gasteiger partial charge in [-0.2, -0.15) is 0 Å². The highest BCUT2D eigenvalue weighted by molar-refractivity contribution is 5.13. The number of rotatable bonds is 5. The Morgan fingerprint density at radius 2 is 1.90 bits per heavy atom. The predicted molar refractivity (Wildman–Crippen MR) is 80.8 cm³/mol. The first kappa shape index (κ1) is 16.4. The quantitative estimate of drug-likeness (QED) is 0.907. The molecule has 1 aliphatic rings. The first-order valence-electron chi connectivity index (χ1n) is 7.55. The summed E-state index contributed by atoms with van der Waals surface area (Å²) in [5.41, 5.74) is 0.924. The number of aliphatic hydroxyl groups is 1. The van der Waals surface area contributed by atoms with Gasteiger partial charge in [0.2, 0.25) is 0 Å². The Hall–Kier alpha value is -0.940. The maximum atomic E-state index is 9.81. The molecule has 1 aromatic rings. The van der Waals surface area contributed by atoms with Crippen molar-refractivity contribution in [2.75, 3.05) is 6.61 Å². The molecule has 0 aliphatic carbocycles. The van der Waals surface area contributed by atoms with E-state index in [0.29, 0.717) is 19.6 Å². The van der Waals surface area contributed by atoms with Crippen LogP contribution in [0.2, 0.25) is 0 Å². The lowest BCUT2D eigenvalue weighted by Gasteiger charge is -2.36. The van der Waals surface area contributed by atoms with Crippen molar-refractivity contribution in [3.05, 3.63) is 35.9 Å². The van der Waals surface area contributed by atoms with Crippen molar-refractivity contribution < 1.29 is 19.3 Å². The molecule has 1 aliphatic heterocycles. The maximum absolute atomic E-state index is 9.81. The van der Waals surface area contributed by atoms with Gasteiger partial charge in [-0.25, -0.2) is 0 Å². The van der Waals surface area contributed by atoms with Crippen molar-refractivity contribution in [3.63, 3.8) is 0 Å². The summed E-state index contributed by atoms with van der Waals surface area (Å²) in [7, 11) is 0. The highest BCUT2D eigenvalue weighted by atomic mass is 16.6. The largest absolute Gasteiger partial charge is 0.374 e. The molecule has 4 nitrogen and oxygen atoms in total. The van der Waals surface area contributed by atoms with E-state index in [9.17, 15) is 5.11 Å². The molecule has 0 amide bonds. The van der Waals surface area contributed by atoms with Gasteiger partial charge in [0.1, 0.15) is 0 Å². The third-order valence-electron chi connectivity index (χ3n) is 3.28. The van der Waals surface area contributed by atoms with Crippen LogP contribution >= 0.6 is 0 Å². The molecular formula is C17H26O4. The van der Waals surface area contributed by atoms with Crippen LogP contribution in [0.4, 0.5) is 0 Å². The summed E-state index contributed by atoms with van der Waals surface area (Å²) in [4.78, 5) is 0. The van der Waals surface area contributed by atoms with Gasteiger partial charge in [-0.1, -0.05) is 30.3 Å². The first-order valence-corrected chi connectivity index (χ1v) is 7.55. The van der Waals surface area contributed by atoms with Crippen LogP contribution in [0.3, 0.4) is 0 Å². The van der Waals surface area contributed by atoms with Crippen molar-refractivity contribution in [1.82, 2.24) is 0 Å². The number of hydrogen-bond acceptors (Lipinski definition) is 4. The van der Waals surface area contributed by atoms with Crippen molar-refractivity contribution >= 4 is 0 Å². The molecule has 1 fully saturated rings. The molecule has 118 valence electrons. The van der Waals surface area contributed by atoms with Crippen LogP contribution in [-0.2, 0) is 20.8 Å². The lowest BCUT2D eigenvalue weighted by molar-refractivity contribution is -0.223. The van der Waals surface area contributed by atoms with E-state index in [1.807, 2.05) is 51.1 Å². The Labute approximate surface area is 127 Å². The second-order valence-electron chi connectivity index (χ2n) is 6.54. The first-order chi connectivity index (χ1) is 9.92. The second-order valence-corrected chi connectivity index (χ2v) is 6.54. The van der Waals surface area contributed by atoms with Crippen molar-refractivity contribution in [2.24, 2.45) is 0 Å². The van der Waals surface area contributed by atoms with E-state index < -0.39 is 6.29 Å². The molecule has 3 atom stereocenters. The highest BCUT2D eigenvalue weighted by Crippen LogP contribution is 2.25. The van der Waals surface area contributed by atoms with Crippen molar-refractivity contribution in [1.29, 1.82) is 0 Å². The molecule has 0 unspecified atom stereocenters. The van der Waals surface area contributed by atoms with Crippen LogP contribution in [0.1, 0.15) is 39.2 Å². The second kappa shape index (κ2) is 7.36. The summed E-state index contributed by atoms with van der Waals surface area (Å²) in [5, 5.41) is 9.81. The van der Waals surface area contributed by atoms with Crippen LogP contribution in [0, 0.1) is 0 Å². The minimum atomic E-state index is -0.767. The van der Waals surface area contributed by atoms with E-state index in [2.05, 4.69) is 0 Å². The van der Waals surface area contributed by atoms with E-state index in [1.165, 1.54) is 0 Å². The topological polar surface area (TPSA) is 47.9 Å². The lowest BCUT2D eigenvalue weighted by Crippen LogP contribution is -2.42. The van der Waals surface area contributed by atoms with Crippen LogP contribution in [-0.4, -0.2) is 35.8 Å². The molecule has 0 bridgehead atoms. The van der Waals surface area contributed by atoms with Crippen LogP contribution in [0.25, 0.3) is 0 Å². The standard InChI is InChI=1S/C17H26O4/c1-17(2,3)21-14-9-15(20-16(18)10-14)12-19-11-13-7-5-4-6-8-13/h4-8,14-16,18H,9-12H2,1-3H3/t14-,15-,16-/m1/s1. The van der Waals surface area contributed by atoms with Gasteiger partial charge in [0.05, 0.1) is 31.0 Å². The summed E-state index contributed by atoms with van der Waals surface area (Å²) >= 11 is 0. The molecule has 0 spiro atoms. The zero-order valence-corrected chi connectivity index (χ0v) is 13.1. The van der Waals surface area contributed by atoms with E-state index >= 15 is 0 Å². The third kappa shape index (κ3) is 6.14. The molecule has 4 heteroatoms. The van der Waals surface area contributed by atoms with Gasteiger partial charge in [-0.3, -0.25) is 0 Å². The zero-order valence-electron chi connectivity index (χ0n) is 13.1. The fourth-order valence-electron chi connectivity index (χ4n) is 2.53. The summed E-state index contributed by atoms with van der Waals surface area (Å²) < 4.78 is 17.2. The van der Waals surface area contributed by atoms with Gasteiger partial charge in [0.25, 0.3) is 0 Å². The fraction of sp³-hybridized carbons (Fsp3) is 0.647. The summed E-state index contributed by atoms with van der Waals surface area (Å²) in [6.07, 6.45) is 0.399. The van der Waals surface area contributed by atoms with E-state index in [0.717, 1.165) is 12.0 Å². The molecule has 1 aromatic carbocycles. The molecule has 2 rings (SSSR count). The zero-order chi connectivity index (χ0) is 15.3.